The molecule has 10 nitrogen and oxygen atoms in total. The van der Waals surface area contributed by atoms with Crippen LogP contribution in [0.15, 0.2) is 70.2 Å². The first-order valence-electron chi connectivity index (χ1n) is 13.2. The Labute approximate surface area is 248 Å². The standard InChI is InChI=1S/C31H32ClN3O7/c1-6-39-31(37)21(4)41-29-26(32)15-22(16-28(29)38-5)17-33-34-30(36)27-14-13-25(42-27)18-40-24-11-9-23(10-12-24)35-19(2)7-8-20(35)3/h7-17,21H,6,18H2,1-5H3,(H,34,36)/b33-17+/t21-/m0/s1. The zero-order chi connectivity index (χ0) is 30.2. The van der Waals surface area contributed by atoms with Crippen LogP contribution >= 0.6 is 11.6 Å². The van der Waals surface area contributed by atoms with Gasteiger partial charge in [0.15, 0.2) is 23.4 Å². The van der Waals surface area contributed by atoms with Crippen molar-refractivity contribution < 1.29 is 33.0 Å². The summed E-state index contributed by atoms with van der Waals surface area (Å²) in [5.74, 6) is 0.639. The van der Waals surface area contributed by atoms with Crippen molar-refractivity contribution in [3.63, 3.8) is 0 Å². The van der Waals surface area contributed by atoms with E-state index in [9.17, 15) is 9.59 Å². The highest BCUT2D eigenvalue weighted by Crippen LogP contribution is 2.37. The third-order valence-corrected chi connectivity index (χ3v) is 6.46. The molecule has 0 unspecified atom stereocenters. The number of hydrogen-bond donors (Lipinski definition) is 1. The summed E-state index contributed by atoms with van der Waals surface area (Å²) in [6.07, 6.45) is 0.501. The number of halogens is 1. The predicted octanol–water partition coefficient (Wildman–Crippen LogP) is 6.02. The number of carbonyl (C=O) groups excluding carboxylic acids is 2. The molecule has 0 aliphatic heterocycles. The number of carbonyl (C=O) groups is 2. The fourth-order valence-electron chi connectivity index (χ4n) is 4.13. The molecule has 0 radical (unpaired) electrons. The number of nitrogens with one attached hydrogen (secondary N) is 1. The fraction of sp³-hybridized carbons (Fsp3) is 0.258. The van der Waals surface area contributed by atoms with E-state index >= 15 is 0 Å². The lowest BCUT2D eigenvalue weighted by molar-refractivity contribution is -0.150. The molecule has 4 aromatic rings. The second kappa shape index (κ2) is 13.8. The van der Waals surface area contributed by atoms with E-state index in [4.69, 9.17) is 35.0 Å². The Bertz CT molecular complexity index is 1550. The van der Waals surface area contributed by atoms with Crippen LogP contribution in [-0.4, -0.2) is 42.5 Å². The maximum absolute atomic E-state index is 12.5. The first kappa shape index (κ1) is 30.3. The number of benzene rings is 2. The third-order valence-electron chi connectivity index (χ3n) is 6.18. The Balaban J connectivity index is 1.32. The number of aromatic nitrogens is 1. The molecule has 1 atom stereocenters. The summed E-state index contributed by atoms with van der Waals surface area (Å²) in [6, 6.07) is 18.3. The molecule has 220 valence electrons. The van der Waals surface area contributed by atoms with Gasteiger partial charge in [-0.2, -0.15) is 5.10 Å². The molecule has 11 heteroatoms. The van der Waals surface area contributed by atoms with Gasteiger partial charge < -0.3 is 27.9 Å². The van der Waals surface area contributed by atoms with E-state index in [0.717, 1.165) is 17.1 Å². The molecule has 0 aliphatic carbocycles. The summed E-state index contributed by atoms with van der Waals surface area (Å²) in [6.45, 7) is 7.76. The molecule has 0 bridgehead atoms. The topological polar surface area (TPSA) is 114 Å². The van der Waals surface area contributed by atoms with Crippen molar-refractivity contribution in [1.82, 2.24) is 9.99 Å². The van der Waals surface area contributed by atoms with E-state index in [1.807, 2.05) is 24.3 Å². The average Bonchev–Trinajstić information content (AvgIpc) is 3.59. The zero-order valence-corrected chi connectivity index (χ0v) is 24.7. The monoisotopic (exact) mass is 593 g/mol. The largest absolute Gasteiger partial charge is 0.493 e. The SMILES string of the molecule is CCOC(=O)[C@H](C)Oc1c(Cl)cc(/C=N/NC(=O)c2ccc(COc3ccc(-n4c(C)ccc4C)cc3)o2)cc1OC. The van der Waals surface area contributed by atoms with Crippen LogP contribution in [0.25, 0.3) is 5.69 Å². The number of furan rings is 1. The lowest BCUT2D eigenvalue weighted by atomic mass is 10.2. The van der Waals surface area contributed by atoms with Gasteiger partial charge in [0.25, 0.3) is 0 Å². The van der Waals surface area contributed by atoms with Crippen LogP contribution in [0.4, 0.5) is 0 Å². The van der Waals surface area contributed by atoms with Crippen molar-refractivity contribution in [2.45, 2.75) is 40.4 Å². The van der Waals surface area contributed by atoms with E-state index in [2.05, 4.69) is 41.1 Å². The second-order valence-electron chi connectivity index (χ2n) is 9.25. The minimum atomic E-state index is -0.886. The Morgan fingerprint density at radius 1 is 1.07 bits per heavy atom. The van der Waals surface area contributed by atoms with Gasteiger partial charge >= 0.3 is 11.9 Å². The van der Waals surface area contributed by atoms with Crippen LogP contribution in [0, 0.1) is 13.8 Å². The Morgan fingerprint density at radius 2 is 1.79 bits per heavy atom. The van der Waals surface area contributed by atoms with Gasteiger partial charge in [-0.3, -0.25) is 4.79 Å². The lowest BCUT2D eigenvalue weighted by Crippen LogP contribution is -2.26. The average molecular weight is 594 g/mol. The van der Waals surface area contributed by atoms with E-state index in [-0.39, 0.29) is 35.5 Å². The molecule has 1 N–H and O–H groups in total. The van der Waals surface area contributed by atoms with Gasteiger partial charge in [0, 0.05) is 17.1 Å². The van der Waals surface area contributed by atoms with Crippen molar-refractivity contribution >= 4 is 29.7 Å². The number of ether oxygens (including phenoxy) is 4. The van der Waals surface area contributed by atoms with Gasteiger partial charge in [0.1, 0.15) is 18.1 Å². The Morgan fingerprint density at radius 3 is 2.45 bits per heavy atom. The smallest absolute Gasteiger partial charge is 0.347 e. The Hall–Kier alpha value is -4.70. The fourth-order valence-corrected chi connectivity index (χ4v) is 4.40. The van der Waals surface area contributed by atoms with Gasteiger partial charge in [0.2, 0.25) is 0 Å². The van der Waals surface area contributed by atoms with E-state index in [0.29, 0.717) is 17.1 Å². The summed E-state index contributed by atoms with van der Waals surface area (Å²) in [7, 11) is 1.44. The number of esters is 1. The van der Waals surface area contributed by atoms with Crippen molar-refractivity contribution in [3.05, 3.63) is 94.2 Å². The summed E-state index contributed by atoms with van der Waals surface area (Å²) >= 11 is 6.36. The normalized spacial score (nSPS) is 11.8. The quantitative estimate of drug-likeness (QED) is 0.121. The number of hydrogen-bond acceptors (Lipinski definition) is 8. The first-order chi connectivity index (χ1) is 20.2. The molecule has 0 aliphatic rings. The highest BCUT2D eigenvalue weighted by molar-refractivity contribution is 6.32. The maximum atomic E-state index is 12.5. The van der Waals surface area contributed by atoms with Crippen LogP contribution < -0.4 is 19.6 Å². The third kappa shape index (κ3) is 7.32. The number of hydrazone groups is 1. The van der Waals surface area contributed by atoms with Crippen molar-refractivity contribution in [3.8, 4) is 22.9 Å². The summed E-state index contributed by atoms with van der Waals surface area (Å²) in [5.41, 5.74) is 6.29. The summed E-state index contributed by atoms with van der Waals surface area (Å²) in [4.78, 5) is 24.4. The van der Waals surface area contributed by atoms with Crippen LogP contribution in [0.5, 0.6) is 17.2 Å². The molecular weight excluding hydrogens is 562 g/mol. The van der Waals surface area contributed by atoms with Crippen molar-refractivity contribution in [2.24, 2.45) is 5.10 Å². The minimum absolute atomic E-state index is 0.0759. The van der Waals surface area contributed by atoms with Crippen LogP contribution in [-0.2, 0) is 16.1 Å². The summed E-state index contributed by atoms with van der Waals surface area (Å²) in [5, 5.41) is 4.17. The molecule has 0 saturated carbocycles. The number of methoxy groups -OCH3 is 1. The number of amides is 1. The lowest BCUT2D eigenvalue weighted by Gasteiger charge is -2.17. The van der Waals surface area contributed by atoms with Gasteiger partial charge in [-0.05, 0) is 93.9 Å². The predicted molar refractivity (Wildman–Crippen MR) is 158 cm³/mol. The number of nitrogens with zero attached hydrogens (tertiary/aromatic N) is 2. The van der Waals surface area contributed by atoms with Gasteiger partial charge in [-0.1, -0.05) is 11.6 Å². The highest BCUT2D eigenvalue weighted by Gasteiger charge is 2.21. The molecule has 42 heavy (non-hydrogen) atoms. The van der Waals surface area contributed by atoms with Crippen molar-refractivity contribution in [1.29, 1.82) is 0 Å². The molecular formula is C31H32ClN3O7. The molecule has 2 aromatic carbocycles. The molecule has 0 fully saturated rings. The van der Waals surface area contributed by atoms with Gasteiger partial charge in [0.05, 0.1) is 25.0 Å². The van der Waals surface area contributed by atoms with Crippen LogP contribution in [0.2, 0.25) is 5.02 Å². The molecule has 0 saturated heterocycles. The zero-order valence-electron chi connectivity index (χ0n) is 24.0. The molecule has 2 aromatic heterocycles. The molecule has 1 amide bonds. The number of rotatable bonds is 12. The second-order valence-corrected chi connectivity index (χ2v) is 9.65. The van der Waals surface area contributed by atoms with E-state index < -0.39 is 18.0 Å². The first-order valence-corrected chi connectivity index (χ1v) is 13.6. The highest BCUT2D eigenvalue weighted by atomic mass is 35.5. The van der Waals surface area contributed by atoms with E-state index in [1.54, 1.807) is 38.1 Å². The van der Waals surface area contributed by atoms with Gasteiger partial charge in [-0.25, -0.2) is 10.2 Å². The van der Waals surface area contributed by atoms with Crippen molar-refractivity contribution in [2.75, 3.05) is 13.7 Å². The maximum Gasteiger partial charge on any atom is 0.347 e. The number of aryl methyl sites for hydroxylation is 2. The van der Waals surface area contributed by atoms with Crippen LogP contribution in [0.1, 0.15) is 47.1 Å². The molecule has 2 heterocycles. The molecule has 0 spiro atoms. The van der Waals surface area contributed by atoms with E-state index in [1.165, 1.54) is 13.3 Å². The summed E-state index contributed by atoms with van der Waals surface area (Å²) < 4.78 is 29.6. The molecule has 4 rings (SSSR count). The van der Waals surface area contributed by atoms with Crippen LogP contribution in [0.3, 0.4) is 0 Å². The van der Waals surface area contributed by atoms with Gasteiger partial charge in [-0.15, -0.1) is 0 Å². The Kier molecular flexibility index (Phi) is 9.93. The minimum Gasteiger partial charge on any atom is -0.493 e.